The number of nitrogens with zero attached hydrogens (tertiary/aromatic N) is 1. The smallest absolute Gasteiger partial charge is 0.337 e. The van der Waals surface area contributed by atoms with E-state index < -0.39 is 0 Å². The first kappa shape index (κ1) is 16.3. The van der Waals surface area contributed by atoms with Gasteiger partial charge in [0.2, 0.25) is 0 Å². The zero-order valence-electron chi connectivity index (χ0n) is 14.2. The molecule has 132 valence electrons. The lowest BCUT2D eigenvalue weighted by Crippen LogP contribution is -2.29. The van der Waals surface area contributed by atoms with E-state index in [1.54, 1.807) is 18.2 Å². The highest BCUT2D eigenvalue weighted by atomic mass is 16.6. The van der Waals surface area contributed by atoms with Gasteiger partial charge in [0.1, 0.15) is 0 Å². The third-order valence-corrected chi connectivity index (χ3v) is 5.22. The molecule has 1 aliphatic carbocycles. The number of nitro benzene ring substituents is 1. The number of fused-ring (bicyclic) bond motifs is 3. The van der Waals surface area contributed by atoms with E-state index in [-0.39, 0.29) is 34.5 Å². The first-order chi connectivity index (χ1) is 12.6. The molecule has 2 aromatic carbocycles. The molecule has 26 heavy (non-hydrogen) atoms. The molecule has 0 amide bonds. The maximum Gasteiger partial charge on any atom is 0.337 e. The van der Waals surface area contributed by atoms with Crippen molar-refractivity contribution in [2.75, 3.05) is 12.4 Å². The van der Waals surface area contributed by atoms with Gasteiger partial charge >= 0.3 is 5.97 Å². The number of carbonyl (C=O) groups excluding carboxylic acids is 1. The minimum absolute atomic E-state index is 0.0219. The largest absolute Gasteiger partial charge is 0.465 e. The van der Waals surface area contributed by atoms with Gasteiger partial charge in [0.15, 0.2) is 0 Å². The molecule has 1 heterocycles. The number of carbonyl (C=O) groups is 1. The molecule has 0 saturated carbocycles. The van der Waals surface area contributed by atoms with Crippen molar-refractivity contribution in [1.29, 1.82) is 0 Å². The van der Waals surface area contributed by atoms with Gasteiger partial charge in [-0.15, -0.1) is 0 Å². The number of esters is 1. The minimum Gasteiger partial charge on any atom is -0.465 e. The van der Waals surface area contributed by atoms with Gasteiger partial charge in [-0.25, -0.2) is 4.79 Å². The van der Waals surface area contributed by atoms with Crippen LogP contribution in [0.1, 0.15) is 39.9 Å². The molecule has 3 atom stereocenters. The number of hydrogen-bond donors (Lipinski definition) is 1. The summed E-state index contributed by atoms with van der Waals surface area (Å²) < 4.78 is 4.82. The van der Waals surface area contributed by atoms with Crippen molar-refractivity contribution in [3.05, 3.63) is 81.4 Å². The lowest BCUT2D eigenvalue weighted by atomic mass is 9.76. The van der Waals surface area contributed by atoms with Crippen LogP contribution < -0.4 is 5.32 Å². The number of allylic oxidation sites excluding steroid dienone is 2. The summed E-state index contributed by atoms with van der Waals surface area (Å²) in [5, 5.41) is 14.6. The lowest BCUT2D eigenvalue weighted by molar-refractivity contribution is -0.384. The molecular formula is C20H18N2O4. The Morgan fingerprint density at radius 2 is 2.12 bits per heavy atom. The average molecular weight is 350 g/mol. The highest BCUT2D eigenvalue weighted by molar-refractivity contribution is 5.90. The van der Waals surface area contributed by atoms with E-state index in [0.717, 1.165) is 23.2 Å². The molecule has 0 aromatic heterocycles. The van der Waals surface area contributed by atoms with Crippen molar-refractivity contribution in [3.8, 4) is 0 Å². The van der Waals surface area contributed by atoms with E-state index in [1.807, 2.05) is 18.2 Å². The summed E-state index contributed by atoms with van der Waals surface area (Å²) in [6, 6.07) is 12.3. The van der Waals surface area contributed by atoms with E-state index in [9.17, 15) is 14.9 Å². The molecule has 0 unspecified atom stereocenters. The predicted molar refractivity (Wildman–Crippen MR) is 97.2 cm³/mol. The first-order valence-electron chi connectivity index (χ1n) is 8.48. The Kier molecular flexibility index (Phi) is 3.95. The molecule has 1 N–H and O–H groups in total. The second-order valence-corrected chi connectivity index (χ2v) is 6.62. The van der Waals surface area contributed by atoms with E-state index in [1.165, 1.54) is 13.2 Å². The van der Waals surface area contributed by atoms with Gasteiger partial charge in [-0.1, -0.05) is 24.3 Å². The Morgan fingerprint density at radius 3 is 2.88 bits per heavy atom. The summed E-state index contributed by atoms with van der Waals surface area (Å²) in [4.78, 5) is 22.6. The van der Waals surface area contributed by atoms with Crippen LogP contribution in [0.25, 0.3) is 0 Å². The Balaban J connectivity index is 1.75. The number of non-ortho nitro benzene ring substituents is 1. The Morgan fingerprint density at radius 1 is 1.27 bits per heavy atom. The van der Waals surface area contributed by atoms with Crippen molar-refractivity contribution in [1.82, 2.24) is 0 Å². The number of hydrogen-bond acceptors (Lipinski definition) is 5. The highest BCUT2D eigenvalue weighted by Crippen LogP contribution is 2.50. The quantitative estimate of drug-likeness (QED) is 0.388. The second kappa shape index (κ2) is 6.29. The fourth-order valence-corrected chi connectivity index (χ4v) is 4.00. The van der Waals surface area contributed by atoms with Crippen LogP contribution in [0.4, 0.5) is 11.4 Å². The monoisotopic (exact) mass is 350 g/mol. The van der Waals surface area contributed by atoms with Crippen LogP contribution in [0, 0.1) is 16.0 Å². The van der Waals surface area contributed by atoms with Crippen molar-refractivity contribution >= 4 is 17.3 Å². The van der Waals surface area contributed by atoms with Crippen LogP contribution in [0.3, 0.4) is 0 Å². The molecular weight excluding hydrogens is 332 g/mol. The zero-order valence-corrected chi connectivity index (χ0v) is 14.2. The fourth-order valence-electron chi connectivity index (χ4n) is 4.00. The summed E-state index contributed by atoms with van der Waals surface area (Å²) in [6.07, 6.45) is 5.18. The zero-order chi connectivity index (χ0) is 18.3. The van der Waals surface area contributed by atoms with Crippen LogP contribution in [-0.2, 0) is 4.74 Å². The van der Waals surface area contributed by atoms with E-state index >= 15 is 0 Å². The molecule has 1 aliphatic heterocycles. The van der Waals surface area contributed by atoms with Crippen LogP contribution in [-0.4, -0.2) is 18.0 Å². The van der Waals surface area contributed by atoms with Crippen molar-refractivity contribution < 1.29 is 14.5 Å². The molecule has 0 spiro atoms. The summed E-state index contributed by atoms with van der Waals surface area (Å²) in [5.41, 5.74) is 3.54. The van der Waals surface area contributed by atoms with Crippen LogP contribution in [0.2, 0.25) is 0 Å². The number of nitrogens with one attached hydrogen (secondary N) is 1. The lowest BCUT2D eigenvalue weighted by Gasteiger charge is -2.37. The fraction of sp³-hybridized carbons (Fsp3) is 0.250. The summed E-state index contributed by atoms with van der Waals surface area (Å²) >= 11 is 0. The summed E-state index contributed by atoms with van der Waals surface area (Å²) in [6.45, 7) is 0. The van der Waals surface area contributed by atoms with Crippen molar-refractivity contribution in [2.24, 2.45) is 5.92 Å². The first-order valence-corrected chi connectivity index (χ1v) is 8.48. The van der Waals surface area contributed by atoms with Crippen molar-refractivity contribution in [3.63, 3.8) is 0 Å². The maximum atomic E-state index is 11.9. The Hall–Kier alpha value is -3.15. The van der Waals surface area contributed by atoms with Crippen LogP contribution >= 0.6 is 0 Å². The summed E-state index contributed by atoms with van der Waals surface area (Å²) in [5.74, 6) is 0.0599. The number of ether oxygens (including phenoxy) is 1. The van der Waals surface area contributed by atoms with Gasteiger partial charge in [0, 0.05) is 23.7 Å². The van der Waals surface area contributed by atoms with Gasteiger partial charge in [0.05, 0.1) is 23.6 Å². The van der Waals surface area contributed by atoms with E-state index in [2.05, 4.69) is 17.5 Å². The summed E-state index contributed by atoms with van der Waals surface area (Å²) in [7, 11) is 1.37. The molecule has 0 bridgehead atoms. The van der Waals surface area contributed by atoms with Gasteiger partial charge in [0.25, 0.3) is 5.69 Å². The third-order valence-electron chi connectivity index (χ3n) is 5.22. The van der Waals surface area contributed by atoms with Gasteiger partial charge < -0.3 is 10.1 Å². The van der Waals surface area contributed by atoms with E-state index in [0.29, 0.717) is 5.56 Å². The topological polar surface area (TPSA) is 81.5 Å². The maximum absolute atomic E-state index is 11.9. The molecule has 6 nitrogen and oxygen atoms in total. The van der Waals surface area contributed by atoms with Gasteiger partial charge in [-0.05, 0) is 41.7 Å². The third kappa shape index (κ3) is 2.63. The average Bonchev–Trinajstić information content (AvgIpc) is 3.16. The molecule has 0 saturated heterocycles. The van der Waals surface area contributed by atoms with Crippen LogP contribution in [0.15, 0.2) is 54.6 Å². The van der Waals surface area contributed by atoms with E-state index in [4.69, 9.17) is 4.74 Å². The molecule has 2 aromatic rings. The highest BCUT2D eigenvalue weighted by Gasteiger charge is 2.38. The number of methoxy groups -OCH3 is 1. The van der Waals surface area contributed by atoms with Gasteiger partial charge in [-0.3, -0.25) is 10.1 Å². The Bertz CT molecular complexity index is 922. The van der Waals surface area contributed by atoms with Crippen molar-refractivity contribution in [2.45, 2.75) is 18.4 Å². The Labute approximate surface area is 150 Å². The predicted octanol–water partition coefficient (Wildman–Crippen LogP) is 4.21. The normalized spacial score (nSPS) is 22.9. The second-order valence-electron chi connectivity index (χ2n) is 6.62. The molecule has 0 fully saturated rings. The molecule has 4 rings (SSSR count). The molecule has 6 heteroatoms. The van der Waals surface area contributed by atoms with Crippen LogP contribution in [0.5, 0.6) is 0 Å². The number of benzene rings is 2. The minimum atomic E-state index is -0.368. The molecule has 2 aliphatic rings. The van der Waals surface area contributed by atoms with Gasteiger partial charge in [-0.2, -0.15) is 0 Å². The number of nitro groups is 1. The molecule has 0 radical (unpaired) electrons. The SMILES string of the molecule is COC(=O)c1ccc2c(c1)[C@H]1C=CC[C@@H]1[C@@H](c1cccc([N+](=O)[O-])c1)N2. The number of rotatable bonds is 3. The standard InChI is InChI=1S/C20H18N2O4/c1-26-20(23)13-8-9-18-17(11-13)15-6-3-7-16(15)19(21-18)12-4-2-5-14(10-12)22(24)25/h2-6,8-11,15-16,19,21H,7H2,1H3/t15-,16-,19+/m0/s1. The number of anilines is 1.